The number of rotatable bonds is 9. The van der Waals surface area contributed by atoms with Crippen LogP contribution in [0.1, 0.15) is 23.2 Å². The zero-order valence-corrected chi connectivity index (χ0v) is 21.3. The van der Waals surface area contributed by atoms with Gasteiger partial charge in [-0.2, -0.15) is 4.98 Å². The maximum Gasteiger partial charge on any atom is 0.254 e. The second-order valence-electron chi connectivity index (χ2n) is 9.33. The normalized spacial score (nSPS) is 16.3. The molecule has 194 valence electrons. The molecule has 0 bridgehead atoms. The van der Waals surface area contributed by atoms with Gasteiger partial charge in [0.15, 0.2) is 0 Å². The van der Waals surface area contributed by atoms with E-state index in [1.807, 2.05) is 12.1 Å². The van der Waals surface area contributed by atoms with Crippen molar-refractivity contribution in [2.45, 2.75) is 18.1 Å². The number of benzene rings is 2. The van der Waals surface area contributed by atoms with Gasteiger partial charge in [0.1, 0.15) is 11.4 Å². The van der Waals surface area contributed by atoms with Crippen LogP contribution in [-0.2, 0) is 10.0 Å². The summed E-state index contributed by atoms with van der Waals surface area (Å²) in [7, 11) is -1.27. The first kappa shape index (κ1) is 24.8. The molecule has 2 aromatic carbocycles. The summed E-state index contributed by atoms with van der Waals surface area (Å²) >= 11 is 0. The fourth-order valence-corrected chi connectivity index (χ4v) is 5.47. The summed E-state index contributed by atoms with van der Waals surface area (Å²) in [6.45, 7) is 4.04. The van der Waals surface area contributed by atoms with E-state index < -0.39 is 15.9 Å². The molecular formula is C25H30N8O3S. The zero-order valence-electron chi connectivity index (χ0n) is 20.5. The van der Waals surface area contributed by atoms with E-state index in [0.29, 0.717) is 24.2 Å². The third-order valence-electron chi connectivity index (χ3n) is 6.39. The molecule has 3 aromatic rings. The molecule has 37 heavy (non-hydrogen) atoms. The molecular weight excluding hydrogens is 492 g/mol. The second kappa shape index (κ2) is 10.2. The first-order chi connectivity index (χ1) is 17.8. The van der Waals surface area contributed by atoms with Crippen LogP contribution in [0.5, 0.6) is 0 Å². The summed E-state index contributed by atoms with van der Waals surface area (Å²) < 4.78 is 27.2. The van der Waals surface area contributed by atoms with Crippen molar-refractivity contribution in [3.8, 4) is 0 Å². The molecule has 0 spiro atoms. The number of anilines is 6. The SMILES string of the molecule is CN1CCN(c2ccc(Nc3ncc(C(N)=O)c(Nc4cccc(NS(=O)(=O)C5CC5)c4)n3)cc2)CC1. The number of aromatic nitrogens is 2. The molecule has 11 nitrogen and oxygen atoms in total. The summed E-state index contributed by atoms with van der Waals surface area (Å²) in [5, 5.41) is 5.90. The first-order valence-electron chi connectivity index (χ1n) is 12.1. The third-order valence-corrected chi connectivity index (χ3v) is 8.26. The fraction of sp³-hybridized carbons (Fsp3) is 0.320. The number of likely N-dealkylation sites (N-methyl/N-ethyl adjacent to an activating group) is 1. The number of nitrogens with two attached hydrogens (primary N) is 1. The highest BCUT2D eigenvalue weighted by atomic mass is 32.2. The Morgan fingerprint density at radius 3 is 2.35 bits per heavy atom. The quantitative estimate of drug-likeness (QED) is 0.333. The molecule has 12 heteroatoms. The Balaban J connectivity index is 1.31. The Morgan fingerprint density at radius 2 is 1.68 bits per heavy atom. The van der Waals surface area contributed by atoms with Crippen molar-refractivity contribution in [1.29, 1.82) is 0 Å². The Hall–Kier alpha value is -3.90. The summed E-state index contributed by atoms with van der Waals surface area (Å²) in [6, 6.07) is 14.8. The lowest BCUT2D eigenvalue weighted by Crippen LogP contribution is -2.44. The highest BCUT2D eigenvalue weighted by molar-refractivity contribution is 7.93. The molecule has 2 heterocycles. The van der Waals surface area contributed by atoms with E-state index in [0.717, 1.165) is 37.6 Å². The highest BCUT2D eigenvalue weighted by Crippen LogP contribution is 2.31. The standard InChI is InChI=1S/C25H30N8O3S/c1-32-11-13-33(14-12-32)20-7-5-17(6-8-20)29-25-27-16-22(23(26)34)24(30-25)28-18-3-2-4-19(15-18)31-37(35,36)21-9-10-21/h2-8,15-16,21,31H,9-14H2,1H3,(H2,26,34)(H2,27,28,29,30). The van der Waals surface area contributed by atoms with Gasteiger partial charge < -0.3 is 26.2 Å². The van der Waals surface area contributed by atoms with Crippen molar-refractivity contribution in [1.82, 2.24) is 14.9 Å². The van der Waals surface area contributed by atoms with Crippen LogP contribution in [0.15, 0.2) is 54.7 Å². The zero-order chi connectivity index (χ0) is 26.0. The Kier molecular flexibility index (Phi) is 6.85. The van der Waals surface area contributed by atoms with E-state index in [9.17, 15) is 13.2 Å². The minimum Gasteiger partial charge on any atom is -0.369 e. The van der Waals surface area contributed by atoms with Crippen LogP contribution in [-0.4, -0.2) is 67.7 Å². The van der Waals surface area contributed by atoms with Crippen molar-refractivity contribution >= 4 is 50.4 Å². The molecule has 1 saturated heterocycles. The molecule has 1 saturated carbocycles. The second-order valence-corrected chi connectivity index (χ2v) is 11.3. The van der Waals surface area contributed by atoms with Crippen LogP contribution >= 0.6 is 0 Å². The lowest BCUT2D eigenvalue weighted by molar-refractivity contribution is 0.100. The van der Waals surface area contributed by atoms with Crippen molar-refractivity contribution in [2.75, 3.05) is 53.5 Å². The van der Waals surface area contributed by atoms with Crippen molar-refractivity contribution in [3.05, 3.63) is 60.3 Å². The fourth-order valence-electron chi connectivity index (χ4n) is 4.09. The minimum absolute atomic E-state index is 0.111. The van der Waals surface area contributed by atoms with Gasteiger partial charge in [-0.25, -0.2) is 13.4 Å². The Bertz CT molecular complexity index is 1390. The first-order valence-corrected chi connectivity index (χ1v) is 13.7. The molecule has 2 aliphatic rings. The molecule has 0 radical (unpaired) electrons. The number of amides is 1. The van der Waals surface area contributed by atoms with Crippen molar-refractivity contribution in [2.24, 2.45) is 5.73 Å². The lowest BCUT2D eigenvalue weighted by atomic mass is 10.2. The molecule has 0 atom stereocenters. The number of hydrogen-bond acceptors (Lipinski definition) is 9. The predicted molar refractivity (Wildman–Crippen MR) is 145 cm³/mol. The van der Waals surface area contributed by atoms with Crippen LogP contribution in [0.4, 0.5) is 34.5 Å². The minimum atomic E-state index is -3.40. The van der Waals surface area contributed by atoms with Crippen molar-refractivity contribution in [3.63, 3.8) is 0 Å². The van der Waals surface area contributed by atoms with Crippen LogP contribution in [0.3, 0.4) is 0 Å². The number of hydrogen-bond donors (Lipinski definition) is 4. The molecule has 1 amide bonds. The molecule has 1 aliphatic heterocycles. The monoisotopic (exact) mass is 522 g/mol. The van der Waals surface area contributed by atoms with Crippen LogP contribution in [0.25, 0.3) is 0 Å². The Morgan fingerprint density at radius 1 is 0.973 bits per heavy atom. The average molecular weight is 523 g/mol. The van der Waals surface area contributed by atoms with Crippen LogP contribution < -0.4 is 26.0 Å². The number of carbonyl (C=O) groups excluding carboxylic acids is 1. The Labute approximate surface area is 216 Å². The third kappa shape index (κ3) is 6.09. The van der Waals surface area contributed by atoms with Crippen LogP contribution in [0, 0.1) is 0 Å². The van der Waals surface area contributed by atoms with Gasteiger partial charge in [0, 0.05) is 49.4 Å². The smallest absolute Gasteiger partial charge is 0.254 e. The molecule has 5 N–H and O–H groups in total. The van der Waals surface area contributed by atoms with Gasteiger partial charge in [0.2, 0.25) is 16.0 Å². The number of nitrogens with zero attached hydrogens (tertiary/aromatic N) is 4. The summed E-state index contributed by atoms with van der Waals surface area (Å²) in [4.78, 5) is 25.4. The van der Waals surface area contributed by atoms with E-state index in [1.165, 1.54) is 6.20 Å². The number of primary amides is 1. The molecule has 1 aliphatic carbocycles. The maximum atomic E-state index is 12.3. The van der Waals surface area contributed by atoms with E-state index in [2.05, 4.69) is 54.3 Å². The largest absolute Gasteiger partial charge is 0.369 e. The summed E-state index contributed by atoms with van der Waals surface area (Å²) in [5.74, 6) is -0.192. The number of piperazine rings is 1. The van der Waals surface area contributed by atoms with Crippen LogP contribution in [0.2, 0.25) is 0 Å². The average Bonchev–Trinajstić information content (AvgIpc) is 3.72. The van der Waals surface area contributed by atoms with Gasteiger partial charge in [-0.3, -0.25) is 9.52 Å². The van der Waals surface area contributed by atoms with E-state index >= 15 is 0 Å². The van der Waals surface area contributed by atoms with Gasteiger partial charge >= 0.3 is 0 Å². The predicted octanol–water partition coefficient (Wildman–Crippen LogP) is 2.72. The van der Waals surface area contributed by atoms with Gasteiger partial charge in [-0.15, -0.1) is 0 Å². The van der Waals surface area contributed by atoms with Crippen molar-refractivity contribution < 1.29 is 13.2 Å². The number of carbonyl (C=O) groups is 1. The lowest BCUT2D eigenvalue weighted by Gasteiger charge is -2.34. The van der Waals surface area contributed by atoms with E-state index in [-0.39, 0.29) is 22.6 Å². The highest BCUT2D eigenvalue weighted by Gasteiger charge is 2.35. The van der Waals surface area contributed by atoms with Gasteiger partial charge in [-0.1, -0.05) is 6.07 Å². The summed E-state index contributed by atoms with van der Waals surface area (Å²) in [6.07, 6.45) is 2.70. The van der Waals surface area contributed by atoms with Gasteiger partial charge in [0.25, 0.3) is 5.91 Å². The number of nitrogens with one attached hydrogen (secondary N) is 3. The topological polar surface area (TPSA) is 146 Å². The molecule has 0 unspecified atom stereocenters. The maximum absolute atomic E-state index is 12.3. The van der Waals surface area contributed by atoms with Gasteiger partial charge in [-0.05, 0) is 62.4 Å². The number of sulfonamides is 1. The molecule has 2 fully saturated rings. The summed E-state index contributed by atoms with van der Waals surface area (Å²) in [5.41, 5.74) is 8.57. The van der Waals surface area contributed by atoms with E-state index in [1.54, 1.807) is 24.3 Å². The van der Waals surface area contributed by atoms with E-state index in [4.69, 9.17) is 5.73 Å². The molecule has 5 rings (SSSR count). The molecule has 1 aromatic heterocycles. The van der Waals surface area contributed by atoms with Gasteiger partial charge in [0.05, 0.1) is 10.9 Å².